The summed E-state index contributed by atoms with van der Waals surface area (Å²) in [6, 6.07) is 11.5. The molecule has 1 amide bonds. The number of nitrogens with one attached hydrogen (secondary N) is 2. The summed E-state index contributed by atoms with van der Waals surface area (Å²) < 4.78 is 1.46. The molecule has 0 bridgehead atoms. The molecule has 0 atom stereocenters. The Morgan fingerprint density at radius 2 is 2.11 bits per heavy atom. The van der Waals surface area contributed by atoms with Gasteiger partial charge in [-0.25, -0.2) is 4.98 Å². The molecule has 27 heavy (non-hydrogen) atoms. The van der Waals surface area contributed by atoms with Gasteiger partial charge in [-0.15, -0.1) is 0 Å². The van der Waals surface area contributed by atoms with Crippen LogP contribution in [-0.2, 0) is 17.9 Å². The molecule has 0 unspecified atom stereocenters. The van der Waals surface area contributed by atoms with Gasteiger partial charge in [0.05, 0.1) is 18.6 Å². The number of nitrogens with zero attached hydrogens (tertiary/aromatic N) is 3. The fourth-order valence-electron chi connectivity index (χ4n) is 3.07. The molecule has 3 heterocycles. The number of hydrogen-bond acceptors (Lipinski definition) is 4. The van der Waals surface area contributed by atoms with Crippen molar-refractivity contribution in [2.45, 2.75) is 26.4 Å². The number of amides is 1. The van der Waals surface area contributed by atoms with Gasteiger partial charge in [0.25, 0.3) is 5.56 Å². The molecule has 7 heteroatoms. The lowest BCUT2D eigenvalue weighted by molar-refractivity contribution is -0.121. The highest BCUT2D eigenvalue weighted by Crippen LogP contribution is 2.22. The Kier molecular flexibility index (Phi) is 4.42. The topological polar surface area (TPSA) is 92.7 Å². The van der Waals surface area contributed by atoms with E-state index in [9.17, 15) is 9.59 Å². The summed E-state index contributed by atoms with van der Waals surface area (Å²) in [6.45, 7) is 2.64. The Morgan fingerprint density at radius 3 is 2.93 bits per heavy atom. The molecular weight excluding hydrogens is 342 g/mol. The summed E-state index contributed by atoms with van der Waals surface area (Å²) >= 11 is 0. The highest BCUT2D eigenvalue weighted by atomic mass is 16.1. The fourth-order valence-corrected chi connectivity index (χ4v) is 3.07. The molecule has 1 aromatic carbocycles. The standard InChI is InChI=1S/C20H19N5O2/c1-13-5-6-16-15(10-13)18-19(24-16)20(27)25(12-23-18)9-7-17(26)22-11-14-4-2-3-8-21-14/h2-6,8,10,12,24H,7,9,11H2,1H3,(H,22,26). The average Bonchev–Trinajstić information content (AvgIpc) is 3.05. The fraction of sp³-hybridized carbons (Fsp3) is 0.200. The zero-order chi connectivity index (χ0) is 18.8. The van der Waals surface area contributed by atoms with Crippen LogP contribution < -0.4 is 10.9 Å². The first-order valence-corrected chi connectivity index (χ1v) is 8.76. The van der Waals surface area contributed by atoms with Crippen LogP contribution in [0, 0.1) is 6.92 Å². The number of carbonyl (C=O) groups excluding carboxylic acids is 1. The first-order valence-electron chi connectivity index (χ1n) is 8.76. The minimum atomic E-state index is -0.175. The molecule has 0 saturated heterocycles. The SMILES string of the molecule is Cc1ccc2[nH]c3c(=O)n(CCC(=O)NCc4ccccn4)cnc3c2c1. The smallest absolute Gasteiger partial charge is 0.277 e. The Balaban J connectivity index is 1.49. The van der Waals surface area contributed by atoms with Gasteiger partial charge in [-0.2, -0.15) is 0 Å². The van der Waals surface area contributed by atoms with Crippen molar-refractivity contribution >= 4 is 27.8 Å². The van der Waals surface area contributed by atoms with E-state index in [0.29, 0.717) is 17.6 Å². The zero-order valence-electron chi connectivity index (χ0n) is 14.9. The lowest BCUT2D eigenvalue weighted by Crippen LogP contribution is -2.27. The predicted molar refractivity (Wildman–Crippen MR) is 103 cm³/mol. The summed E-state index contributed by atoms with van der Waals surface area (Å²) in [5, 5.41) is 3.74. The maximum absolute atomic E-state index is 12.7. The van der Waals surface area contributed by atoms with Gasteiger partial charge in [-0.3, -0.25) is 19.1 Å². The molecule has 7 nitrogen and oxygen atoms in total. The molecular formula is C20H19N5O2. The van der Waals surface area contributed by atoms with Gasteiger partial charge >= 0.3 is 0 Å². The number of pyridine rings is 1. The molecule has 0 fully saturated rings. The third-order valence-electron chi connectivity index (χ3n) is 4.50. The number of hydrogen-bond donors (Lipinski definition) is 2. The first kappa shape index (κ1) is 17.0. The lowest BCUT2D eigenvalue weighted by atomic mass is 10.2. The molecule has 0 aliphatic heterocycles. The Bertz CT molecular complexity index is 1180. The quantitative estimate of drug-likeness (QED) is 0.570. The molecule has 0 saturated carbocycles. The second-order valence-corrected chi connectivity index (χ2v) is 6.49. The largest absolute Gasteiger partial charge is 0.350 e. The van der Waals surface area contributed by atoms with E-state index >= 15 is 0 Å². The minimum Gasteiger partial charge on any atom is -0.350 e. The van der Waals surface area contributed by atoms with Crippen LogP contribution in [-0.4, -0.2) is 25.4 Å². The molecule has 2 N–H and O–H groups in total. The van der Waals surface area contributed by atoms with Gasteiger partial charge in [-0.1, -0.05) is 17.7 Å². The van der Waals surface area contributed by atoms with E-state index < -0.39 is 0 Å². The molecule has 0 aliphatic carbocycles. The second kappa shape index (κ2) is 7.03. The summed E-state index contributed by atoms with van der Waals surface area (Å²) in [5.41, 5.74) is 3.73. The highest BCUT2D eigenvalue weighted by Gasteiger charge is 2.12. The molecule has 0 radical (unpaired) electrons. The van der Waals surface area contributed by atoms with Crippen LogP contribution in [0.25, 0.3) is 21.9 Å². The normalized spacial score (nSPS) is 11.1. The van der Waals surface area contributed by atoms with Gasteiger partial charge < -0.3 is 10.3 Å². The number of benzene rings is 1. The van der Waals surface area contributed by atoms with E-state index in [4.69, 9.17) is 0 Å². The number of aromatic nitrogens is 4. The van der Waals surface area contributed by atoms with E-state index in [2.05, 4.69) is 20.3 Å². The van der Waals surface area contributed by atoms with Gasteiger partial charge in [-0.05, 0) is 31.2 Å². The Morgan fingerprint density at radius 1 is 1.22 bits per heavy atom. The minimum absolute atomic E-state index is 0.139. The van der Waals surface area contributed by atoms with Crippen LogP contribution in [0.1, 0.15) is 17.7 Å². The van der Waals surface area contributed by atoms with E-state index in [1.54, 1.807) is 6.20 Å². The van der Waals surface area contributed by atoms with Crippen molar-refractivity contribution in [3.8, 4) is 0 Å². The number of rotatable bonds is 5. The molecule has 136 valence electrons. The summed E-state index contributed by atoms with van der Waals surface area (Å²) in [6.07, 6.45) is 3.38. The van der Waals surface area contributed by atoms with Crippen LogP contribution in [0.4, 0.5) is 0 Å². The van der Waals surface area contributed by atoms with Crippen molar-refractivity contribution in [1.82, 2.24) is 24.8 Å². The van der Waals surface area contributed by atoms with E-state index in [-0.39, 0.29) is 24.4 Å². The lowest BCUT2D eigenvalue weighted by Gasteiger charge is -2.06. The predicted octanol–water partition coefficient (Wildman–Crippen LogP) is 2.29. The van der Waals surface area contributed by atoms with Crippen LogP contribution >= 0.6 is 0 Å². The number of H-pyrrole nitrogens is 1. The van der Waals surface area contributed by atoms with Crippen LogP contribution in [0.2, 0.25) is 0 Å². The number of fused-ring (bicyclic) bond motifs is 3. The van der Waals surface area contributed by atoms with Gasteiger partial charge in [0, 0.05) is 30.1 Å². The maximum atomic E-state index is 12.7. The number of aromatic amines is 1. The average molecular weight is 361 g/mol. The van der Waals surface area contributed by atoms with Gasteiger partial charge in [0.1, 0.15) is 11.0 Å². The summed E-state index contributed by atoms with van der Waals surface area (Å²) in [4.78, 5) is 36.5. The second-order valence-electron chi connectivity index (χ2n) is 6.49. The van der Waals surface area contributed by atoms with Crippen molar-refractivity contribution in [1.29, 1.82) is 0 Å². The number of carbonyl (C=O) groups is 1. The summed E-state index contributed by atoms with van der Waals surface area (Å²) in [7, 11) is 0. The van der Waals surface area contributed by atoms with E-state index in [0.717, 1.165) is 22.2 Å². The number of aryl methyl sites for hydroxylation is 2. The van der Waals surface area contributed by atoms with Crippen molar-refractivity contribution in [2.24, 2.45) is 0 Å². The van der Waals surface area contributed by atoms with Crippen molar-refractivity contribution in [3.05, 3.63) is 70.5 Å². The van der Waals surface area contributed by atoms with E-state index in [1.807, 2.05) is 43.3 Å². The van der Waals surface area contributed by atoms with E-state index in [1.165, 1.54) is 10.9 Å². The first-order chi connectivity index (χ1) is 13.1. The Hall–Kier alpha value is -3.48. The monoisotopic (exact) mass is 361 g/mol. The van der Waals surface area contributed by atoms with Crippen molar-refractivity contribution in [3.63, 3.8) is 0 Å². The molecule has 0 aliphatic rings. The third-order valence-corrected chi connectivity index (χ3v) is 4.50. The maximum Gasteiger partial charge on any atom is 0.277 e. The van der Waals surface area contributed by atoms with Gasteiger partial charge in [0.2, 0.25) is 5.91 Å². The summed E-state index contributed by atoms with van der Waals surface area (Å²) in [5.74, 6) is -0.139. The zero-order valence-corrected chi connectivity index (χ0v) is 14.9. The van der Waals surface area contributed by atoms with Crippen LogP contribution in [0.5, 0.6) is 0 Å². The molecule has 4 rings (SSSR count). The van der Waals surface area contributed by atoms with Crippen molar-refractivity contribution in [2.75, 3.05) is 0 Å². The molecule has 4 aromatic rings. The molecule has 0 spiro atoms. The van der Waals surface area contributed by atoms with Crippen LogP contribution in [0.3, 0.4) is 0 Å². The Labute approximate surface area is 155 Å². The van der Waals surface area contributed by atoms with Gasteiger partial charge in [0.15, 0.2) is 0 Å². The third kappa shape index (κ3) is 3.44. The van der Waals surface area contributed by atoms with Crippen molar-refractivity contribution < 1.29 is 4.79 Å². The highest BCUT2D eigenvalue weighted by molar-refractivity contribution is 6.04. The molecule has 3 aromatic heterocycles. The van der Waals surface area contributed by atoms with Crippen LogP contribution in [0.15, 0.2) is 53.7 Å².